The number of aliphatic hydroxyl groups is 1. The second-order valence-electron chi connectivity index (χ2n) is 15.3. The summed E-state index contributed by atoms with van der Waals surface area (Å²) < 4.78 is 33.9. The van der Waals surface area contributed by atoms with Crippen molar-refractivity contribution in [2.45, 2.75) is 113 Å². The number of halogens is 1. The van der Waals surface area contributed by atoms with Crippen LogP contribution in [0, 0.1) is 5.92 Å². The molecular formula is C39H56ClN3O11S. The second kappa shape index (κ2) is 17.9. The highest BCUT2D eigenvalue weighted by molar-refractivity contribution is 7.81. The molecule has 3 heterocycles. The van der Waals surface area contributed by atoms with E-state index in [9.17, 15) is 24.3 Å². The van der Waals surface area contributed by atoms with Crippen LogP contribution in [0.15, 0.2) is 35.9 Å². The van der Waals surface area contributed by atoms with E-state index in [4.69, 9.17) is 40.0 Å². The number of hydrogen-bond acceptors (Lipinski definition) is 12. The molecule has 3 aliphatic rings. The Hall–Kier alpha value is -3.34. The number of fused-ring (bicyclic) bond motifs is 5. The van der Waals surface area contributed by atoms with Gasteiger partial charge >= 0.3 is 12.1 Å². The van der Waals surface area contributed by atoms with Crippen LogP contribution in [0.25, 0.3) is 0 Å². The number of alkyl carbamates (subject to hydrolysis) is 1. The van der Waals surface area contributed by atoms with Crippen molar-refractivity contribution >= 4 is 53.8 Å². The Bertz CT molecular complexity index is 1670. The van der Waals surface area contributed by atoms with Gasteiger partial charge in [-0.05, 0) is 58.2 Å². The third-order valence-corrected chi connectivity index (χ3v) is 11.6. The van der Waals surface area contributed by atoms with Crippen LogP contribution in [0.5, 0.6) is 5.75 Å². The number of hydrogen-bond donors (Lipinski definition) is 3. The summed E-state index contributed by atoms with van der Waals surface area (Å²) in [6.45, 7) is 9.18. The number of carbonyl (C=O) groups excluding carboxylic acids is 4. The summed E-state index contributed by atoms with van der Waals surface area (Å²) in [6.07, 6.45) is 1.37. The second-order valence-corrected chi connectivity index (χ2v) is 16.8. The first kappa shape index (κ1) is 44.4. The zero-order chi connectivity index (χ0) is 41.0. The summed E-state index contributed by atoms with van der Waals surface area (Å²) in [5.41, 5.74) is -0.957. The van der Waals surface area contributed by atoms with E-state index in [1.807, 2.05) is 19.9 Å². The van der Waals surface area contributed by atoms with Crippen molar-refractivity contribution in [1.29, 1.82) is 0 Å². The molecule has 3 amide bonds. The Morgan fingerprint density at radius 2 is 1.95 bits per heavy atom. The Balaban J connectivity index is 1.71. The molecule has 4 rings (SSSR count). The third-order valence-electron chi connectivity index (χ3n) is 10.9. The maximum absolute atomic E-state index is 14.2. The summed E-state index contributed by atoms with van der Waals surface area (Å²) >= 11 is 11.4. The van der Waals surface area contributed by atoms with Crippen LogP contribution < -0.4 is 15.0 Å². The fourth-order valence-electron chi connectivity index (χ4n) is 7.15. The fourth-order valence-corrected chi connectivity index (χ4v) is 7.71. The molecule has 0 spiro atoms. The van der Waals surface area contributed by atoms with E-state index < -0.39 is 70.4 Å². The Labute approximate surface area is 334 Å². The summed E-state index contributed by atoms with van der Waals surface area (Å²) in [5.74, 6) is -1.66. The van der Waals surface area contributed by atoms with Gasteiger partial charge < -0.3 is 43.3 Å². The molecule has 2 fully saturated rings. The van der Waals surface area contributed by atoms with Crippen LogP contribution in [0.1, 0.15) is 65.9 Å². The van der Waals surface area contributed by atoms with Crippen molar-refractivity contribution in [3.05, 3.63) is 46.5 Å². The number of rotatable bonds is 10. The van der Waals surface area contributed by atoms with Gasteiger partial charge in [-0.15, -0.1) is 0 Å². The molecule has 306 valence electrons. The molecule has 14 nitrogen and oxygen atoms in total. The van der Waals surface area contributed by atoms with E-state index in [-0.39, 0.29) is 30.2 Å². The van der Waals surface area contributed by atoms with E-state index in [2.05, 4.69) is 17.9 Å². The molecule has 3 aliphatic heterocycles. The molecule has 9 atom stereocenters. The molecule has 2 N–H and O–H groups in total. The Kier molecular flexibility index (Phi) is 14.4. The lowest BCUT2D eigenvalue weighted by molar-refractivity contribution is -0.162. The van der Waals surface area contributed by atoms with Gasteiger partial charge in [-0.25, -0.2) is 9.59 Å². The number of benzene rings is 1. The van der Waals surface area contributed by atoms with Crippen LogP contribution in [0.4, 0.5) is 10.5 Å². The molecule has 1 aromatic carbocycles. The molecule has 55 heavy (non-hydrogen) atoms. The highest BCUT2D eigenvalue weighted by Crippen LogP contribution is 2.49. The van der Waals surface area contributed by atoms with Gasteiger partial charge in [0.15, 0.2) is 5.72 Å². The lowest BCUT2D eigenvalue weighted by Crippen LogP contribution is -2.63. The number of thiol groups is 1. The fraction of sp³-hybridized carbons (Fsp3) is 0.641. The zero-order valence-corrected chi connectivity index (χ0v) is 35.0. The number of nitrogens with one attached hydrogen (secondary N) is 1. The van der Waals surface area contributed by atoms with Crippen molar-refractivity contribution in [2.75, 3.05) is 46.9 Å². The topological polar surface area (TPSA) is 166 Å². The number of nitrogens with zero attached hydrogens (tertiary/aromatic N) is 2. The minimum Gasteiger partial charge on any atom is -0.495 e. The van der Waals surface area contributed by atoms with Gasteiger partial charge in [-0.2, -0.15) is 12.6 Å². The maximum Gasteiger partial charge on any atom is 0.409 e. The minimum absolute atomic E-state index is 0.0582. The quantitative estimate of drug-likeness (QED) is 0.172. The van der Waals surface area contributed by atoms with Gasteiger partial charge in [0, 0.05) is 51.8 Å². The standard InChI is InChI=1S/C39H56ClN3O11S/c1-22-12-11-13-29(51-10)39(48)20-28(52-36(47)41-39)23(2)34-38(5,54-34)30(19-32(45)43(7)26-17-25(16-22)18-27(50-9)33(26)40)53-35(46)24(3)42(6)31(44)14-15-37(4,55)21-49-8/h11-13,17-18,23-24,28-30,34,48,55H,14-16,19-21H2,1-10H3,(H,41,47)/b13-11+,22-12+/t23-,24+,28+,29-,30+,34+,37?,38+,39+/m1/s1. The molecule has 0 aromatic heterocycles. The van der Waals surface area contributed by atoms with Gasteiger partial charge in [-0.1, -0.05) is 42.3 Å². The lowest BCUT2D eigenvalue weighted by atomic mass is 9.83. The highest BCUT2D eigenvalue weighted by atomic mass is 35.5. The molecule has 0 saturated carbocycles. The summed E-state index contributed by atoms with van der Waals surface area (Å²) in [7, 11) is 7.56. The molecular weight excluding hydrogens is 754 g/mol. The van der Waals surface area contributed by atoms with E-state index >= 15 is 0 Å². The molecule has 2 saturated heterocycles. The van der Waals surface area contributed by atoms with E-state index in [1.54, 1.807) is 59.2 Å². The third kappa shape index (κ3) is 10.3. The number of epoxide rings is 1. The SMILES string of the molecule is COCC(C)(S)CCC(=O)N(C)[C@@H](C)C(=O)O[C@H]1CC(=O)N(C)c2cc(cc(OC)c2Cl)C/C(C)=C/C=C/[C@@H](OC)[C@@]2(O)C[C@H](OC(=O)N2)[C@@H](C)[C@@H]2O[C@@]12C. The molecule has 4 bridgehead atoms. The average molecular weight is 810 g/mol. The van der Waals surface area contributed by atoms with Gasteiger partial charge in [0.2, 0.25) is 11.8 Å². The van der Waals surface area contributed by atoms with Gasteiger partial charge in [0.05, 0.1) is 31.9 Å². The summed E-state index contributed by atoms with van der Waals surface area (Å²) in [4.78, 5) is 56.8. The van der Waals surface area contributed by atoms with Crippen molar-refractivity contribution < 1.29 is 52.7 Å². The van der Waals surface area contributed by atoms with Crippen molar-refractivity contribution in [3.8, 4) is 5.75 Å². The summed E-state index contributed by atoms with van der Waals surface area (Å²) in [5, 5.41) is 14.5. The van der Waals surface area contributed by atoms with Crippen LogP contribution in [0.2, 0.25) is 5.02 Å². The molecule has 0 aliphatic carbocycles. The van der Waals surface area contributed by atoms with Gasteiger partial charge in [-0.3, -0.25) is 14.9 Å². The number of ether oxygens (including phenoxy) is 6. The van der Waals surface area contributed by atoms with Crippen LogP contribution >= 0.6 is 24.2 Å². The van der Waals surface area contributed by atoms with Gasteiger partial charge in [0.25, 0.3) is 0 Å². The number of allylic oxidation sites excluding steroid dienone is 3. The van der Waals surface area contributed by atoms with E-state index in [0.717, 1.165) is 11.1 Å². The predicted molar refractivity (Wildman–Crippen MR) is 209 cm³/mol. The van der Waals surface area contributed by atoms with Crippen molar-refractivity contribution in [2.24, 2.45) is 5.92 Å². The highest BCUT2D eigenvalue weighted by Gasteiger charge is 2.64. The molecule has 1 unspecified atom stereocenters. The minimum atomic E-state index is -1.83. The first-order valence-electron chi connectivity index (χ1n) is 18.3. The largest absolute Gasteiger partial charge is 0.495 e. The number of amides is 3. The number of carbonyl (C=O) groups is 4. The van der Waals surface area contributed by atoms with Gasteiger partial charge in [0.1, 0.15) is 40.7 Å². The smallest absolute Gasteiger partial charge is 0.409 e. The monoisotopic (exact) mass is 809 g/mol. The Morgan fingerprint density at radius 1 is 1.25 bits per heavy atom. The number of esters is 1. The normalized spacial score (nSPS) is 31.7. The van der Waals surface area contributed by atoms with E-state index in [1.165, 1.54) is 31.1 Å². The average Bonchev–Trinajstić information content (AvgIpc) is 3.82. The van der Waals surface area contributed by atoms with Crippen LogP contribution in [-0.2, 0) is 44.5 Å². The number of anilines is 1. The van der Waals surface area contributed by atoms with E-state index in [0.29, 0.717) is 30.9 Å². The lowest BCUT2D eigenvalue weighted by Gasteiger charge is -2.42. The van der Waals surface area contributed by atoms with Crippen molar-refractivity contribution in [1.82, 2.24) is 10.2 Å². The van der Waals surface area contributed by atoms with Crippen molar-refractivity contribution in [3.63, 3.8) is 0 Å². The molecule has 0 radical (unpaired) electrons. The summed E-state index contributed by atoms with van der Waals surface area (Å²) in [6, 6.07) is 2.56. The van der Waals surface area contributed by atoms with Crippen LogP contribution in [-0.4, -0.2) is 122 Å². The maximum atomic E-state index is 14.2. The van der Waals surface area contributed by atoms with Crippen LogP contribution in [0.3, 0.4) is 0 Å². The number of likely N-dealkylation sites (N-methyl/N-ethyl adjacent to an activating group) is 1. The predicted octanol–water partition coefficient (Wildman–Crippen LogP) is 4.63. The zero-order valence-electron chi connectivity index (χ0n) is 33.3. The first-order valence-corrected chi connectivity index (χ1v) is 19.1. The Morgan fingerprint density at radius 3 is 2.58 bits per heavy atom. The molecule has 1 aromatic rings. The first-order chi connectivity index (χ1) is 25.7. The number of methoxy groups -OCH3 is 3. The molecule has 16 heteroatoms.